The lowest BCUT2D eigenvalue weighted by Gasteiger charge is -2.06. The molecule has 5 heteroatoms. The Kier molecular flexibility index (Phi) is 6.25. The molecular weight excluding hydrogens is 318 g/mol. The number of rotatable bonds is 3. The number of halogens is 4. The summed E-state index contributed by atoms with van der Waals surface area (Å²) in [6.07, 6.45) is 1.41. The largest absolute Gasteiger partial charge is 0.108 e. The van der Waals surface area contributed by atoms with Crippen molar-refractivity contribution in [1.29, 1.82) is 0 Å². The second-order valence-corrected chi connectivity index (χ2v) is 6.50. The summed E-state index contributed by atoms with van der Waals surface area (Å²) >= 11 is 24.5. The number of aryl methyl sites for hydroxylation is 2. The van der Waals surface area contributed by atoms with Gasteiger partial charge in [0.25, 0.3) is 0 Å². The summed E-state index contributed by atoms with van der Waals surface area (Å²) in [6.45, 7) is 4.04. The zero-order valence-corrected chi connectivity index (χ0v) is 13.1. The van der Waals surface area contributed by atoms with Gasteiger partial charge in [0, 0.05) is 4.90 Å². The second-order valence-electron chi connectivity index (χ2n) is 3.43. The molecule has 0 fully saturated rings. The van der Waals surface area contributed by atoms with Gasteiger partial charge in [-0.1, -0.05) is 70.3 Å². The van der Waals surface area contributed by atoms with Crippen molar-refractivity contribution < 1.29 is 0 Å². The Hall–Kier alpha value is 0.210. The van der Waals surface area contributed by atoms with E-state index in [0.717, 1.165) is 10.5 Å². The predicted molar refractivity (Wildman–Crippen MR) is 80.3 cm³/mol. The van der Waals surface area contributed by atoms with Crippen LogP contribution in [0.5, 0.6) is 0 Å². The molecule has 0 saturated heterocycles. The molecule has 0 spiro atoms. The highest BCUT2D eigenvalue weighted by molar-refractivity contribution is 8.04. The van der Waals surface area contributed by atoms with Crippen molar-refractivity contribution in [3.63, 3.8) is 0 Å². The van der Waals surface area contributed by atoms with E-state index < -0.39 is 0 Å². The third kappa shape index (κ3) is 5.15. The van der Waals surface area contributed by atoms with Crippen LogP contribution in [0, 0.1) is 13.8 Å². The van der Waals surface area contributed by atoms with E-state index in [-0.39, 0.29) is 4.49 Å². The standard InChI is InChI=1S/C12H10Cl4S/c1-7-3-4-8(2)10(5-7)17-12(16)9(13)6-11(14)15/h3-6H,1-2H3/b12-9+. The quantitative estimate of drug-likeness (QED) is 0.459. The van der Waals surface area contributed by atoms with E-state index >= 15 is 0 Å². The lowest BCUT2D eigenvalue weighted by atomic mass is 10.2. The van der Waals surface area contributed by atoms with Gasteiger partial charge in [-0.25, -0.2) is 0 Å². The van der Waals surface area contributed by atoms with E-state index in [4.69, 9.17) is 46.4 Å². The first kappa shape index (κ1) is 15.3. The molecule has 17 heavy (non-hydrogen) atoms. The minimum absolute atomic E-state index is 0.0784. The summed E-state index contributed by atoms with van der Waals surface area (Å²) in [4.78, 5) is 1.06. The molecule has 0 N–H and O–H groups in total. The smallest absolute Gasteiger partial charge is 0.0820 e. The van der Waals surface area contributed by atoms with Gasteiger partial charge in [0.05, 0.1) is 9.40 Å². The Labute approximate surface area is 126 Å². The lowest BCUT2D eigenvalue weighted by Crippen LogP contribution is -1.81. The molecule has 0 aliphatic carbocycles. The molecule has 1 rings (SSSR count). The van der Waals surface area contributed by atoms with E-state index in [1.165, 1.54) is 23.4 Å². The first-order chi connectivity index (χ1) is 7.90. The normalized spacial score (nSPS) is 12.1. The number of allylic oxidation sites excluding steroid dienone is 2. The monoisotopic (exact) mass is 326 g/mol. The van der Waals surface area contributed by atoms with Crippen LogP contribution in [0.15, 0.2) is 43.1 Å². The molecular formula is C12H10Cl4S. The van der Waals surface area contributed by atoms with Crippen LogP contribution < -0.4 is 0 Å². The molecule has 0 heterocycles. The third-order valence-electron chi connectivity index (χ3n) is 1.97. The van der Waals surface area contributed by atoms with Crippen LogP contribution in [0.1, 0.15) is 11.1 Å². The van der Waals surface area contributed by atoms with E-state index in [1.807, 2.05) is 26.0 Å². The van der Waals surface area contributed by atoms with Gasteiger partial charge in [0.15, 0.2) is 0 Å². The topological polar surface area (TPSA) is 0 Å². The Morgan fingerprint density at radius 3 is 2.35 bits per heavy atom. The molecule has 92 valence electrons. The molecule has 1 aromatic rings. The predicted octanol–water partition coefficient (Wildman–Crippen LogP) is 6.36. The first-order valence-electron chi connectivity index (χ1n) is 4.73. The van der Waals surface area contributed by atoms with Crippen molar-refractivity contribution >= 4 is 58.2 Å². The van der Waals surface area contributed by atoms with Gasteiger partial charge in [-0.2, -0.15) is 0 Å². The fraction of sp³-hybridized carbons (Fsp3) is 0.167. The van der Waals surface area contributed by atoms with Gasteiger partial charge in [-0.3, -0.25) is 0 Å². The van der Waals surface area contributed by atoms with Crippen LogP contribution in [0.3, 0.4) is 0 Å². The van der Waals surface area contributed by atoms with Gasteiger partial charge in [0.2, 0.25) is 0 Å². The number of hydrogen-bond acceptors (Lipinski definition) is 1. The number of thioether (sulfide) groups is 1. The maximum Gasteiger partial charge on any atom is 0.108 e. The van der Waals surface area contributed by atoms with Crippen molar-refractivity contribution in [2.24, 2.45) is 0 Å². The molecule has 0 aliphatic heterocycles. The minimum Gasteiger partial charge on any atom is -0.0820 e. The van der Waals surface area contributed by atoms with Crippen molar-refractivity contribution in [3.05, 3.63) is 49.3 Å². The highest BCUT2D eigenvalue weighted by Crippen LogP contribution is 2.36. The number of hydrogen-bond donors (Lipinski definition) is 0. The Morgan fingerprint density at radius 1 is 1.12 bits per heavy atom. The molecule has 0 radical (unpaired) electrons. The molecule has 0 atom stereocenters. The molecule has 0 bridgehead atoms. The molecule has 0 unspecified atom stereocenters. The maximum atomic E-state index is 6.08. The summed E-state index contributed by atoms with van der Waals surface area (Å²) in [7, 11) is 0. The fourth-order valence-corrected chi connectivity index (χ4v) is 2.80. The first-order valence-corrected chi connectivity index (χ1v) is 7.06. The van der Waals surface area contributed by atoms with Crippen molar-refractivity contribution in [2.75, 3.05) is 0 Å². The summed E-state index contributed by atoms with van der Waals surface area (Å²) in [6, 6.07) is 6.15. The summed E-state index contributed by atoms with van der Waals surface area (Å²) in [5.74, 6) is 0. The van der Waals surface area contributed by atoms with Crippen LogP contribution in [-0.2, 0) is 0 Å². The zero-order chi connectivity index (χ0) is 13.0. The van der Waals surface area contributed by atoms with E-state index in [9.17, 15) is 0 Å². The summed E-state index contributed by atoms with van der Waals surface area (Å²) in [5, 5.41) is 0.331. The van der Waals surface area contributed by atoms with Crippen molar-refractivity contribution in [3.8, 4) is 0 Å². The summed E-state index contributed by atoms with van der Waals surface area (Å²) in [5.41, 5.74) is 2.31. The average Bonchev–Trinajstić information content (AvgIpc) is 2.22. The molecule has 0 amide bonds. The van der Waals surface area contributed by atoms with Crippen LogP contribution in [0.4, 0.5) is 0 Å². The highest BCUT2D eigenvalue weighted by atomic mass is 35.5. The Morgan fingerprint density at radius 2 is 1.76 bits per heavy atom. The van der Waals surface area contributed by atoms with E-state index in [1.54, 1.807) is 0 Å². The van der Waals surface area contributed by atoms with Gasteiger partial charge in [-0.15, -0.1) is 0 Å². The minimum atomic E-state index is 0.0784. The zero-order valence-electron chi connectivity index (χ0n) is 9.23. The van der Waals surface area contributed by atoms with Crippen LogP contribution in [-0.4, -0.2) is 0 Å². The second kappa shape index (κ2) is 6.96. The van der Waals surface area contributed by atoms with Gasteiger partial charge < -0.3 is 0 Å². The highest BCUT2D eigenvalue weighted by Gasteiger charge is 2.06. The SMILES string of the molecule is Cc1ccc(C)c(S/C(Cl)=C(/Cl)C=C(Cl)Cl)c1. The summed E-state index contributed by atoms with van der Waals surface area (Å²) < 4.78 is 0.522. The molecule has 0 nitrogen and oxygen atoms in total. The van der Waals surface area contributed by atoms with Crippen LogP contribution >= 0.6 is 58.2 Å². The Balaban J connectivity index is 2.98. The molecule has 1 aromatic carbocycles. The van der Waals surface area contributed by atoms with Gasteiger partial charge >= 0.3 is 0 Å². The van der Waals surface area contributed by atoms with Crippen LogP contribution in [0.2, 0.25) is 0 Å². The maximum absolute atomic E-state index is 6.08. The van der Waals surface area contributed by atoms with Crippen molar-refractivity contribution in [1.82, 2.24) is 0 Å². The Bertz CT molecular complexity index is 473. The van der Waals surface area contributed by atoms with Gasteiger partial charge in [0.1, 0.15) is 4.49 Å². The molecule has 0 aliphatic rings. The van der Waals surface area contributed by atoms with E-state index in [0.29, 0.717) is 9.40 Å². The molecule has 0 saturated carbocycles. The third-order valence-corrected chi connectivity index (χ3v) is 4.19. The average molecular weight is 328 g/mol. The van der Waals surface area contributed by atoms with Gasteiger partial charge in [-0.05, 0) is 37.1 Å². The van der Waals surface area contributed by atoms with Crippen LogP contribution in [0.25, 0.3) is 0 Å². The van der Waals surface area contributed by atoms with E-state index in [2.05, 4.69) is 6.07 Å². The fourth-order valence-electron chi connectivity index (χ4n) is 1.12. The number of benzene rings is 1. The molecule has 0 aromatic heterocycles. The van der Waals surface area contributed by atoms with Crippen molar-refractivity contribution in [2.45, 2.75) is 18.7 Å². The lowest BCUT2D eigenvalue weighted by molar-refractivity contribution is 1.26.